The standard InChI is InChI=1S/C21H11Cl4F3N2O3/c22-13-8-10(4-6-12(13)21(23,24)25)33-11-5-7-17(16(28)9-11)29-20(32)30-19(31)18-14(26)2-1-3-15(18)27/h1-9H,(H2,29,30,31,32). The minimum absolute atomic E-state index is 0.0423. The first kappa shape index (κ1) is 25.0. The highest BCUT2D eigenvalue weighted by atomic mass is 35.6. The van der Waals surface area contributed by atoms with Crippen molar-refractivity contribution in [2.45, 2.75) is 3.79 Å². The van der Waals surface area contributed by atoms with Crippen LogP contribution < -0.4 is 15.4 Å². The summed E-state index contributed by atoms with van der Waals surface area (Å²) in [4.78, 5) is 23.9. The molecule has 0 aromatic heterocycles. The minimum atomic E-state index is -1.74. The van der Waals surface area contributed by atoms with E-state index in [0.717, 1.165) is 30.3 Å². The van der Waals surface area contributed by atoms with E-state index in [1.165, 1.54) is 24.3 Å². The molecule has 0 saturated carbocycles. The van der Waals surface area contributed by atoms with Crippen LogP contribution in [0.1, 0.15) is 15.9 Å². The normalized spacial score (nSPS) is 11.1. The third-order valence-electron chi connectivity index (χ3n) is 4.09. The molecule has 3 aromatic rings. The van der Waals surface area contributed by atoms with Crippen LogP contribution in [0.15, 0.2) is 54.6 Å². The number of anilines is 1. The SMILES string of the molecule is O=C(NC(=O)c1c(F)cccc1F)Nc1ccc(Oc2ccc(C(Cl)(Cl)Cl)c(Cl)c2)cc1F. The molecule has 3 aromatic carbocycles. The Morgan fingerprint density at radius 1 is 0.848 bits per heavy atom. The van der Waals surface area contributed by atoms with Crippen molar-refractivity contribution in [3.05, 3.63) is 88.2 Å². The smallest absolute Gasteiger partial charge is 0.326 e. The van der Waals surface area contributed by atoms with Gasteiger partial charge in [-0.1, -0.05) is 52.5 Å². The van der Waals surface area contributed by atoms with Gasteiger partial charge in [-0.2, -0.15) is 0 Å². The summed E-state index contributed by atoms with van der Waals surface area (Å²) in [5, 5.41) is 3.89. The fourth-order valence-corrected chi connectivity index (χ4v) is 3.57. The molecule has 12 heteroatoms. The van der Waals surface area contributed by atoms with Gasteiger partial charge in [0.05, 0.1) is 10.7 Å². The van der Waals surface area contributed by atoms with E-state index in [1.807, 2.05) is 0 Å². The van der Waals surface area contributed by atoms with Crippen LogP contribution in [0.3, 0.4) is 0 Å². The highest BCUT2D eigenvalue weighted by molar-refractivity contribution is 6.67. The number of hydrogen-bond donors (Lipinski definition) is 2. The molecule has 0 aliphatic heterocycles. The lowest BCUT2D eigenvalue weighted by Crippen LogP contribution is -2.35. The third kappa shape index (κ3) is 6.23. The number of ether oxygens (including phenoxy) is 1. The van der Waals surface area contributed by atoms with Crippen molar-refractivity contribution in [2.75, 3.05) is 5.32 Å². The third-order valence-corrected chi connectivity index (χ3v) is 5.01. The lowest BCUT2D eigenvalue weighted by Gasteiger charge is -2.15. The molecule has 0 bridgehead atoms. The predicted octanol–water partition coefficient (Wildman–Crippen LogP) is 7.34. The summed E-state index contributed by atoms with van der Waals surface area (Å²) in [6.07, 6.45) is 0. The molecule has 0 aliphatic carbocycles. The maximum Gasteiger partial charge on any atom is 0.326 e. The van der Waals surface area contributed by atoms with Gasteiger partial charge in [-0.15, -0.1) is 0 Å². The van der Waals surface area contributed by atoms with Crippen molar-refractivity contribution < 1.29 is 27.5 Å². The lowest BCUT2D eigenvalue weighted by molar-refractivity contribution is 0.0959. The Labute approximate surface area is 205 Å². The lowest BCUT2D eigenvalue weighted by atomic mass is 10.2. The van der Waals surface area contributed by atoms with E-state index in [1.54, 1.807) is 5.32 Å². The summed E-state index contributed by atoms with van der Waals surface area (Å²) in [5.74, 6) is -4.31. The predicted molar refractivity (Wildman–Crippen MR) is 120 cm³/mol. The van der Waals surface area contributed by atoms with Crippen LogP contribution in [0.2, 0.25) is 5.02 Å². The first-order valence-corrected chi connectivity index (χ1v) is 10.4. The van der Waals surface area contributed by atoms with E-state index >= 15 is 0 Å². The molecule has 33 heavy (non-hydrogen) atoms. The molecule has 5 nitrogen and oxygen atoms in total. The first-order chi connectivity index (χ1) is 15.5. The Hall–Kier alpha value is -2.65. The molecule has 2 N–H and O–H groups in total. The molecule has 0 atom stereocenters. The van der Waals surface area contributed by atoms with Gasteiger partial charge in [-0.3, -0.25) is 10.1 Å². The maximum atomic E-state index is 14.4. The quantitative estimate of drug-likeness (QED) is 0.342. The zero-order chi connectivity index (χ0) is 24.3. The molecule has 0 saturated heterocycles. The van der Waals surface area contributed by atoms with Crippen molar-refractivity contribution in [2.24, 2.45) is 0 Å². The van der Waals surface area contributed by atoms with Gasteiger partial charge in [-0.25, -0.2) is 18.0 Å². The van der Waals surface area contributed by atoms with Gasteiger partial charge in [0.1, 0.15) is 34.5 Å². The summed E-state index contributed by atoms with van der Waals surface area (Å²) in [6.45, 7) is 0. The van der Waals surface area contributed by atoms with Gasteiger partial charge in [-0.05, 0) is 42.5 Å². The molecule has 0 aliphatic rings. The van der Waals surface area contributed by atoms with E-state index in [-0.39, 0.29) is 27.8 Å². The van der Waals surface area contributed by atoms with Crippen LogP contribution in [-0.4, -0.2) is 11.9 Å². The second-order valence-corrected chi connectivity index (χ2v) is 9.08. The second kappa shape index (κ2) is 10.1. The van der Waals surface area contributed by atoms with Crippen LogP contribution in [0.5, 0.6) is 11.5 Å². The van der Waals surface area contributed by atoms with Gasteiger partial charge in [0, 0.05) is 11.6 Å². The molecule has 0 fully saturated rings. The number of imide groups is 1. The summed E-state index contributed by atoms with van der Waals surface area (Å²) < 4.78 is 45.4. The number of benzene rings is 3. The van der Waals surface area contributed by atoms with Crippen molar-refractivity contribution in [1.29, 1.82) is 0 Å². The average Bonchev–Trinajstić information content (AvgIpc) is 2.69. The minimum Gasteiger partial charge on any atom is -0.457 e. The highest BCUT2D eigenvalue weighted by Crippen LogP contribution is 2.43. The number of alkyl halides is 3. The van der Waals surface area contributed by atoms with Crippen LogP contribution >= 0.6 is 46.4 Å². The number of nitrogens with one attached hydrogen (secondary N) is 2. The molecule has 172 valence electrons. The van der Waals surface area contributed by atoms with Crippen LogP contribution in [-0.2, 0) is 3.79 Å². The Bertz CT molecular complexity index is 1220. The molecule has 3 rings (SSSR count). The Morgan fingerprint density at radius 3 is 2.03 bits per heavy atom. The number of halogens is 7. The number of carbonyl (C=O) groups is 2. The second-order valence-electron chi connectivity index (χ2n) is 6.39. The first-order valence-electron chi connectivity index (χ1n) is 8.86. The van der Waals surface area contributed by atoms with Gasteiger partial charge in [0.2, 0.25) is 3.79 Å². The Morgan fingerprint density at radius 2 is 1.45 bits per heavy atom. The topological polar surface area (TPSA) is 67.4 Å². The van der Waals surface area contributed by atoms with Crippen molar-refractivity contribution in [3.8, 4) is 11.5 Å². The Kier molecular flexibility index (Phi) is 7.64. The van der Waals surface area contributed by atoms with E-state index in [9.17, 15) is 22.8 Å². The summed E-state index contributed by atoms with van der Waals surface area (Å²) in [6, 6.07) is 9.22. The van der Waals surface area contributed by atoms with Crippen molar-refractivity contribution >= 4 is 64.0 Å². The Balaban J connectivity index is 1.68. The molecular weight excluding hydrogens is 527 g/mol. The number of rotatable bonds is 4. The summed E-state index contributed by atoms with van der Waals surface area (Å²) >= 11 is 23.5. The average molecular weight is 538 g/mol. The van der Waals surface area contributed by atoms with E-state index in [2.05, 4.69) is 5.32 Å². The molecule has 0 spiro atoms. The van der Waals surface area contributed by atoms with Gasteiger partial charge in [0.25, 0.3) is 5.91 Å². The molecule has 0 heterocycles. The largest absolute Gasteiger partial charge is 0.457 e. The number of amides is 3. The monoisotopic (exact) mass is 536 g/mol. The molecular formula is C21H11Cl4F3N2O3. The molecule has 3 amide bonds. The van der Waals surface area contributed by atoms with Crippen molar-refractivity contribution in [1.82, 2.24) is 5.32 Å². The van der Waals surface area contributed by atoms with Crippen LogP contribution in [0.25, 0.3) is 0 Å². The summed E-state index contributed by atoms with van der Waals surface area (Å²) in [5.41, 5.74) is -1.05. The number of hydrogen-bond acceptors (Lipinski definition) is 3. The zero-order valence-electron chi connectivity index (χ0n) is 16.1. The van der Waals surface area contributed by atoms with Gasteiger partial charge >= 0.3 is 6.03 Å². The molecule has 0 radical (unpaired) electrons. The van der Waals surface area contributed by atoms with E-state index in [0.29, 0.717) is 0 Å². The highest BCUT2D eigenvalue weighted by Gasteiger charge is 2.26. The van der Waals surface area contributed by atoms with Gasteiger partial charge < -0.3 is 10.1 Å². The zero-order valence-corrected chi connectivity index (χ0v) is 19.1. The maximum absolute atomic E-state index is 14.4. The summed E-state index contributed by atoms with van der Waals surface area (Å²) in [7, 11) is 0. The fourth-order valence-electron chi connectivity index (χ4n) is 2.62. The fraction of sp³-hybridized carbons (Fsp3) is 0.0476. The number of urea groups is 1. The van der Waals surface area contributed by atoms with E-state index in [4.69, 9.17) is 51.1 Å². The molecule has 0 unspecified atom stereocenters. The van der Waals surface area contributed by atoms with Gasteiger partial charge in [0.15, 0.2) is 0 Å². The van der Waals surface area contributed by atoms with Crippen molar-refractivity contribution in [3.63, 3.8) is 0 Å². The van der Waals surface area contributed by atoms with Crippen LogP contribution in [0, 0.1) is 17.5 Å². The number of carbonyl (C=O) groups excluding carboxylic acids is 2. The van der Waals surface area contributed by atoms with Crippen LogP contribution in [0.4, 0.5) is 23.7 Å². The van der Waals surface area contributed by atoms with E-state index < -0.39 is 38.7 Å².